The number of carbonyl (C=O) groups is 1. The Labute approximate surface area is 73.5 Å². The van der Waals surface area contributed by atoms with Crippen LogP contribution in [0.2, 0.25) is 0 Å². The predicted molar refractivity (Wildman–Crippen MR) is 47.0 cm³/mol. The molecule has 0 heterocycles. The molecule has 0 bridgehead atoms. The highest BCUT2D eigenvalue weighted by molar-refractivity contribution is 5.67. The summed E-state index contributed by atoms with van der Waals surface area (Å²) in [5.41, 5.74) is 0. The summed E-state index contributed by atoms with van der Waals surface area (Å²) in [5.74, 6) is 0.485. The van der Waals surface area contributed by atoms with Crippen molar-refractivity contribution < 1.29 is 9.53 Å². The van der Waals surface area contributed by atoms with E-state index in [1.165, 1.54) is 6.42 Å². The van der Waals surface area contributed by atoms with Crippen molar-refractivity contribution in [2.24, 2.45) is 5.92 Å². The third-order valence-electron chi connectivity index (χ3n) is 1.98. The van der Waals surface area contributed by atoms with E-state index in [1.54, 1.807) is 0 Å². The van der Waals surface area contributed by atoms with Crippen LogP contribution in [0.15, 0.2) is 0 Å². The highest BCUT2D eigenvalue weighted by atomic mass is 16.6. The molecular weight excluding hydrogens is 154 g/mol. The molecule has 0 aromatic heterocycles. The van der Waals surface area contributed by atoms with Gasteiger partial charge in [-0.15, -0.1) is 0 Å². The first-order chi connectivity index (χ1) is 5.68. The van der Waals surface area contributed by atoms with Crippen LogP contribution in [-0.2, 0) is 4.74 Å². The Morgan fingerprint density at radius 2 is 2.25 bits per heavy atom. The van der Waals surface area contributed by atoms with Crippen LogP contribution in [-0.4, -0.2) is 18.7 Å². The number of hydrogen-bond donors (Lipinski definition) is 1. The molecule has 12 heavy (non-hydrogen) atoms. The highest BCUT2D eigenvalue weighted by Crippen LogP contribution is 2.21. The van der Waals surface area contributed by atoms with E-state index in [0.717, 1.165) is 12.8 Å². The lowest BCUT2D eigenvalue weighted by molar-refractivity contribution is 0.0520. The molecule has 1 aliphatic rings. The van der Waals surface area contributed by atoms with Gasteiger partial charge in [0.2, 0.25) is 0 Å². The topological polar surface area (TPSA) is 38.3 Å². The molecule has 70 valence electrons. The quantitative estimate of drug-likeness (QED) is 0.704. The fraction of sp³-hybridized carbons (Fsp3) is 0.889. The van der Waals surface area contributed by atoms with Gasteiger partial charge >= 0.3 is 6.09 Å². The molecule has 1 N–H and O–H groups in total. The summed E-state index contributed by atoms with van der Waals surface area (Å²) in [7, 11) is 0. The molecule has 0 aromatic carbocycles. The Kier molecular flexibility index (Phi) is 3.38. The molecular formula is C9H17NO2. The van der Waals surface area contributed by atoms with E-state index in [-0.39, 0.29) is 12.2 Å². The molecule has 3 heteroatoms. The van der Waals surface area contributed by atoms with E-state index < -0.39 is 0 Å². The standard InChI is InChI=1S/C9H17NO2/c1-7(2)6-10-9(11)12-8-4-3-5-8/h7-8H,3-6H2,1-2H3,(H,10,11). The molecule has 1 amide bonds. The lowest BCUT2D eigenvalue weighted by atomic mass is 9.96. The van der Waals surface area contributed by atoms with Crippen molar-refractivity contribution in [2.45, 2.75) is 39.2 Å². The molecule has 0 saturated heterocycles. The Morgan fingerprint density at radius 3 is 2.67 bits per heavy atom. The fourth-order valence-corrected chi connectivity index (χ4v) is 0.969. The fourth-order valence-electron chi connectivity index (χ4n) is 0.969. The van der Waals surface area contributed by atoms with Crippen molar-refractivity contribution in [3.63, 3.8) is 0 Å². The Bertz CT molecular complexity index is 153. The summed E-state index contributed by atoms with van der Waals surface area (Å²) in [6, 6.07) is 0. The molecule has 1 fully saturated rings. The molecule has 0 unspecified atom stereocenters. The van der Waals surface area contributed by atoms with E-state index in [1.807, 2.05) is 0 Å². The van der Waals surface area contributed by atoms with Crippen LogP contribution in [0.5, 0.6) is 0 Å². The number of nitrogens with one attached hydrogen (secondary N) is 1. The zero-order valence-corrected chi connectivity index (χ0v) is 7.80. The van der Waals surface area contributed by atoms with Gasteiger partial charge in [0.25, 0.3) is 0 Å². The minimum Gasteiger partial charge on any atom is -0.446 e. The number of amides is 1. The SMILES string of the molecule is CC(C)CNC(=O)OC1CCC1. The van der Waals surface area contributed by atoms with Crippen molar-refractivity contribution >= 4 is 6.09 Å². The average Bonchev–Trinajstić information content (AvgIpc) is 1.93. The summed E-state index contributed by atoms with van der Waals surface area (Å²) in [6.45, 7) is 4.82. The largest absolute Gasteiger partial charge is 0.446 e. The minimum atomic E-state index is -0.256. The number of carbonyl (C=O) groups excluding carboxylic acids is 1. The Hall–Kier alpha value is -0.730. The highest BCUT2D eigenvalue weighted by Gasteiger charge is 2.21. The molecule has 1 saturated carbocycles. The first-order valence-corrected chi connectivity index (χ1v) is 4.63. The summed E-state index contributed by atoms with van der Waals surface area (Å²) in [5, 5.41) is 2.72. The monoisotopic (exact) mass is 171 g/mol. The third-order valence-corrected chi connectivity index (χ3v) is 1.98. The second-order valence-electron chi connectivity index (χ2n) is 3.73. The van der Waals surface area contributed by atoms with Crippen molar-refractivity contribution in [3.8, 4) is 0 Å². The first kappa shape index (κ1) is 9.36. The number of alkyl carbamates (subject to hydrolysis) is 1. The minimum absolute atomic E-state index is 0.192. The summed E-state index contributed by atoms with van der Waals surface area (Å²) in [4.78, 5) is 11.0. The number of rotatable bonds is 3. The van der Waals surface area contributed by atoms with E-state index in [4.69, 9.17) is 4.74 Å². The predicted octanol–water partition coefficient (Wildman–Crippen LogP) is 1.92. The van der Waals surface area contributed by atoms with Crippen LogP contribution in [0.3, 0.4) is 0 Å². The van der Waals surface area contributed by atoms with E-state index in [9.17, 15) is 4.79 Å². The van der Waals surface area contributed by atoms with Crippen molar-refractivity contribution in [1.29, 1.82) is 0 Å². The zero-order chi connectivity index (χ0) is 8.97. The summed E-state index contributed by atoms with van der Waals surface area (Å²) < 4.78 is 5.09. The van der Waals surface area contributed by atoms with Crippen LogP contribution in [0, 0.1) is 5.92 Å². The molecule has 3 nitrogen and oxygen atoms in total. The van der Waals surface area contributed by atoms with Crippen LogP contribution >= 0.6 is 0 Å². The Morgan fingerprint density at radius 1 is 1.58 bits per heavy atom. The van der Waals surface area contributed by atoms with E-state index in [0.29, 0.717) is 12.5 Å². The van der Waals surface area contributed by atoms with Crippen LogP contribution in [0.25, 0.3) is 0 Å². The normalized spacial score (nSPS) is 17.2. The molecule has 0 aliphatic heterocycles. The van der Waals surface area contributed by atoms with Gasteiger partial charge in [-0.3, -0.25) is 0 Å². The van der Waals surface area contributed by atoms with Gasteiger partial charge in [-0.25, -0.2) is 4.79 Å². The zero-order valence-electron chi connectivity index (χ0n) is 7.80. The molecule has 0 radical (unpaired) electrons. The molecule has 0 spiro atoms. The van der Waals surface area contributed by atoms with Gasteiger partial charge in [0, 0.05) is 6.54 Å². The van der Waals surface area contributed by atoms with Gasteiger partial charge in [-0.2, -0.15) is 0 Å². The van der Waals surface area contributed by atoms with Gasteiger partial charge in [0.1, 0.15) is 6.10 Å². The molecule has 0 aromatic rings. The maximum Gasteiger partial charge on any atom is 0.407 e. The second kappa shape index (κ2) is 4.33. The van der Waals surface area contributed by atoms with Gasteiger partial charge in [0.15, 0.2) is 0 Å². The number of hydrogen-bond acceptors (Lipinski definition) is 2. The Balaban J connectivity index is 2.03. The van der Waals surface area contributed by atoms with Gasteiger partial charge in [0.05, 0.1) is 0 Å². The number of ether oxygens (including phenoxy) is 1. The second-order valence-corrected chi connectivity index (χ2v) is 3.73. The maximum atomic E-state index is 11.0. The summed E-state index contributed by atoms with van der Waals surface area (Å²) >= 11 is 0. The lowest BCUT2D eigenvalue weighted by Crippen LogP contribution is -2.34. The van der Waals surface area contributed by atoms with Gasteiger partial charge in [-0.05, 0) is 25.2 Å². The van der Waals surface area contributed by atoms with E-state index >= 15 is 0 Å². The maximum absolute atomic E-state index is 11.0. The third kappa shape index (κ3) is 3.11. The molecule has 1 aliphatic carbocycles. The van der Waals surface area contributed by atoms with Crippen molar-refractivity contribution in [1.82, 2.24) is 5.32 Å². The van der Waals surface area contributed by atoms with Crippen LogP contribution in [0.4, 0.5) is 4.79 Å². The van der Waals surface area contributed by atoms with E-state index in [2.05, 4.69) is 19.2 Å². The lowest BCUT2D eigenvalue weighted by Gasteiger charge is -2.25. The average molecular weight is 171 g/mol. The van der Waals surface area contributed by atoms with Crippen molar-refractivity contribution in [2.75, 3.05) is 6.54 Å². The summed E-state index contributed by atoms with van der Waals surface area (Å²) in [6.07, 6.45) is 3.21. The van der Waals surface area contributed by atoms with Crippen LogP contribution < -0.4 is 5.32 Å². The van der Waals surface area contributed by atoms with Crippen LogP contribution in [0.1, 0.15) is 33.1 Å². The molecule has 1 rings (SSSR count). The molecule has 0 atom stereocenters. The smallest absolute Gasteiger partial charge is 0.407 e. The van der Waals surface area contributed by atoms with Gasteiger partial charge in [-0.1, -0.05) is 13.8 Å². The van der Waals surface area contributed by atoms with Gasteiger partial charge < -0.3 is 10.1 Å². The van der Waals surface area contributed by atoms with Crippen molar-refractivity contribution in [3.05, 3.63) is 0 Å². The first-order valence-electron chi connectivity index (χ1n) is 4.63.